The maximum Gasteiger partial charge on any atom is 0.171 e. The Kier molecular flexibility index (Phi) is 3.31. The first-order valence-electron chi connectivity index (χ1n) is 5.89. The van der Waals surface area contributed by atoms with E-state index >= 15 is 0 Å². The Hall–Kier alpha value is -2.08. The van der Waals surface area contributed by atoms with Crippen LogP contribution in [0.15, 0.2) is 47.5 Å². The zero-order chi connectivity index (χ0) is 14.1. The van der Waals surface area contributed by atoms with Gasteiger partial charge in [0.25, 0.3) is 0 Å². The van der Waals surface area contributed by atoms with Crippen LogP contribution in [0.4, 0.5) is 4.39 Å². The molecule has 0 aliphatic rings. The third kappa shape index (κ3) is 2.34. The highest BCUT2D eigenvalue weighted by Crippen LogP contribution is 2.19. The van der Waals surface area contributed by atoms with Crippen molar-refractivity contribution in [1.82, 2.24) is 14.6 Å². The van der Waals surface area contributed by atoms with Gasteiger partial charge in [-0.05, 0) is 23.8 Å². The standard InChI is InChI=1S/C14H9BrFN3O/c15-10-1-2-12(16)9(5-10)6-14(20)11-7-18-19-4-3-17-8-13(11)19/h1-5,7-8H,6H2. The fourth-order valence-electron chi connectivity index (χ4n) is 2.00. The van der Waals surface area contributed by atoms with E-state index in [1.807, 2.05) is 0 Å². The number of hydrogen-bond acceptors (Lipinski definition) is 3. The van der Waals surface area contributed by atoms with E-state index in [2.05, 4.69) is 26.0 Å². The summed E-state index contributed by atoms with van der Waals surface area (Å²) in [6.45, 7) is 0. The van der Waals surface area contributed by atoms with Crippen LogP contribution >= 0.6 is 15.9 Å². The van der Waals surface area contributed by atoms with Crippen molar-refractivity contribution in [2.45, 2.75) is 6.42 Å². The first-order chi connectivity index (χ1) is 9.65. The number of hydrogen-bond donors (Lipinski definition) is 0. The average molecular weight is 334 g/mol. The normalized spacial score (nSPS) is 10.9. The second-order valence-corrected chi connectivity index (χ2v) is 5.22. The van der Waals surface area contributed by atoms with Crippen molar-refractivity contribution in [1.29, 1.82) is 0 Å². The highest BCUT2D eigenvalue weighted by Gasteiger charge is 2.15. The van der Waals surface area contributed by atoms with Gasteiger partial charge >= 0.3 is 0 Å². The summed E-state index contributed by atoms with van der Waals surface area (Å²) in [5, 5.41) is 4.07. The summed E-state index contributed by atoms with van der Waals surface area (Å²) in [6, 6.07) is 4.55. The van der Waals surface area contributed by atoms with Gasteiger partial charge in [0, 0.05) is 23.3 Å². The molecule has 20 heavy (non-hydrogen) atoms. The molecule has 0 radical (unpaired) electrons. The fraction of sp³-hybridized carbons (Fsp3) is 0.0714. The molecule has 3 rings (SSSR count). The van der Waals surface area contributed by atoms with Crippen molar-refractivity contribution >= 4 is 27.2 Å². The van der Waals surface area contributed by atoms with Gasteiger partial charge in [-0.3, -0.25) is 9.78 Å². The van der Waals surface area contributed by atoms with Gasteiger partial charge in [0.15, 0.2) is 5.78 Å². The molecule has 1 aromatic carbocycles. The number of halogens is 2. The quantitative estimate of drug-likeness (QED) is 0.692. The van der Waals surface area contributed by atoms with Crippen molar-refractivity contribution in [3.8, 4) is 0 Å². The van der Waals surface area contributed by atoms with Gasteiger partial charge in [-0.15, -0.1) is 0 Å². The first-order valence-corrected chi connectivity index (χ1v) is 6.69. The summed E-state index contributed by atoms with van der Waals surface area (Å²) in [5.74, 6) is -0.582. The topological polar surface area (TPSA) is 47.3 Å². The molecule has 100 valence electrons. The second-order valence-electron chi connectivity index (χ2n) is 4.30. The predicted molar refractivity (Wildman–Crippen MR) is 75.1 cm³/mol. The van der Waals surface area contributed by atoms with Crippen LogP contribution in [-0.4, -0.2) is 20.4 Å². The molecule has 0 aliphatic heterocycles. The van der Waals surface area contributed by atoms with E-state index in [0.717, 1.165) is 4.47 Å². The Morgan fingerprint density at radius 3 is 3.05 bits per heavy atom. The molecule has 4 nitrogen and oxygen atoms in total. The fourth-order valence-corrected chi connectivity index (χ4v) is 2.40. The van der Waals surface area contributed by atoms with Crippen molar-refractivity contribution in [2.75, 3.05) is 0 Å². The van der Waals surface area contributed by atoms with E-state index in [4.69, 9.17) is 0 Å². The summed E-state index contributed by atoms with van der Waals surface area (Å²) in [6.07, 6.45) is 6.28. The maximum atomic E-state index is 13.7. The molecule has 0 aliphatic carbocycles. The number of nitrogens with zero attached hydrogens (tertiary/aromatic N) is 3. The predicted octanol–water partition coefficient (Wildman–Crippen LogP) is 3.06. The van der Waals surface area contributed by atoms with Gasteiger partial charge in [0.2, 0.25) is 0 Å². The highest BCUT2D eigenvalue weighted by atomic mass is 79.9. The summed E-state index contributed by atoms with van der Waals surface area (Å²) >= 11 is 3.27. The SMILES string of the molecule is O=C(Cc1cc(Br)ccc1F)c1cnn2ccncc12. The minimum Gasteiger partial charge on any atom is -0.294 e. The van der Waals surface area contributed by atoms with Crippen LogP contribution in [0.2, 0.25) is 0 Å². The van der Waals surface area contributed by atoms with E-state index in [1.165, 1.54) is 12.3 Å². The van der Waals surface area contributed by atoms with Crippen molar-refractivity contribution in [3.05, 3.63) is 64.4 Å². The number of Topliss-reactive ketones (excluding diaryl/α,β-unsaturated/α-hetero) is 1. The number of carbonyl (C=O) groups excluding carboxylic acids is 1. The van der Waals surface area contributed by atoms with Crippen LogP contribution < -0.4 is 0 Å². The smallest absolute Gasteiger partial charge is 0.171 e. The van der Waals surface area contributed by atoms with Gasteiger partial charge in [0.05, 0.1) is 23.5 Å². The minimum atomic E-state index is -0.392. The van der Waals surface area contributed by atoms with Gasteiger partial charge < -0.3 is 0 Å². The molecule has 2 aromatic heterocycles. The van der Waals surface area contributed by atoms with E-state index in [9.17, 15) is 9.18 Å². The third-order valence-corrected chi connectivity index (χ3v) is 3.48. The zero-order valence-corrected chi connectivity index (χ0v) is 11.8. The Balaban J connectivity index is 1.95. The van der Waals surface area contributed by atoms with E-state index in [0.29, 0.717) is 16.6 Å². The zero-order valence-electron chi connectivity index (χ0n) is 10.3. The molecule has 0 saturated heterocycles. The lowest BCUT2D eigenvalue weighted by atomic mass is 10.0. The average Bonchev–Trinajstić information content (AvgIpc) is 2.87. The summed E-state index contributed by atoms with van der Waals surface area (Å²) < 4.78 is 16.0. The monoisotopic (exact) mass is 333 g/mol. The lowest BCUT2D eigenvalue weighted by Gasteiger charge is -2.03. The summed E-state index contributed by atoms with van der Waals surface area (Å²) in [4.78, 5) is 16.3. The molecule has 0 bridgehead atoms. The van der Waals surface area contributed by atoms with Crippen LogP contribution in [0.1, 0.15) is 15.9 Å². The lowest BCUT2D eigenvalue weighted by molar-refractivity contribution is 0.0993. The Bertz CT molecular complexity index is 800. The number of fused-ring (bicyclic) bond motifs is 1. The van der Waals surface area contributed by atoms with Crippen LogP contribution in [0.3, 0.4) is 0 Å². The Morgan fingerprint density at radius 1 is 1.35 bits per heavy atom. The number of ketones is 1. The van der Waals surface area contributed by atoms with Crippen LogP contribution in [0.25, 0.3) is 5.52 Å². The van der Waals surface area contributed by atoms with Crippen molar-refractivity contribution in [2.24, 2.45) is 0 Å². The number of rotatable bonds is 3. The second kappa shape index (κ2) is 5.13. The molecular weight excluding hydrogens is 325 g/mol. The van der Waals surface area contributed by atoms with Crippen molar-refractivity contribution in [3.63, 3.8) is 0 Å². The summed E-state index contributed by atoms with van der Waals surface area (Å²) in [7, 11) is 0. The van der Waals surface area contributed by atoms with E-state index < -0.39 is 5.82 Å². The molecular formula is C14H9BrFN3O. The molecule has 0 atom stereocenters. The van der Waals surface area contributed by atoms with E-state index in [1.54, 1.807) is 35.2 Å². The summed E-state index contributed by atoms with van der Waals surface area (Å²) in [5.41, 5.74) is 1.41. The maximum absolute atomic E-state index is 13.7. The molecule has 3 aromatic rings. The lowest BCUT2D eigenvalue weighted by Crippen LogP contribution is -2.05. The van der Waals surface area contributed by atoms with Crippen molar-refractivity contribution < 1.29 is 9.18 Å². The number of carbonyl (C=O) groups is 1. The van der Waals surface area contributed by atoms with Gasteiger partial charge in [-0.25, -0.2) is 8.91 Å². The molecule has 0 fully saturated rings. The van der Waals surface area contributed by atoms with Crippen LogP contribution in [-0.2, 0) is 6.42 Å². The first kappa shape index (κ1) is 12.9. The van der Waals surface area contributed by atoms with Gasteiger partial charge in [-0.2, -0.15) is 5.10 Å². The molecule has 6 heteroatoms. The Labute approximate surface area is 122 Å². The van der Waals surface area contributed by atoms with Crippen LogP contribution in [0, 0.1) is 5.82 Å². The van der Waals surface area contributed by atoms with Crippen LogP contribution in [0.5, 0.6) is 0 Å². The molecule has 0 N–H and O–H groups in total. The molecule has 2 heterocycles. The van der Waals surface area contributed by atoms with E-state index in [-0.39, 0.29) is 12.2 Å². The van der Waals surface area contributed by atoms with Gasteiger partial charge in [0.1, 0.15) is 5.82 Å². The highest BCUT2D eigenvalue weighted by molar-refractivity contribution is 9.10. The Morgan fingerprint density at radius 2 is 2.20 bits per heavy atom. The molecule has 0 amide bonds. The molecule has 0 saturated carbocycles. The molecule has 0 spiro atoms. The van der Waals surface area contributed by atoms with Gasteiger partial charge in [-0.1, -0.05) is 15.9 Å². The number of benzene rings is 1. The number of aromatic nitrogens is 3. The molecule has 0 unspecified atom stereocenters. The largest absolute Gasteiger partial charge is 0.294 e. The third-order valence-electron chi connectivity index (χ3n) is 2.98. The minimum absolute atomic E-state index is 0.0124.